The number of carbonyl (C=O) groups is 1. The summed E-state index contributed by atoms with van der Waals surface area (Å²) < 4.78 is 7.30. The minimum atomic E-state index is -0.335. The maximum absolute atomic E-state index is 12.3. The third kappa shape index (κ3) is 2.14. The molecule has 0 saturated heterocycles. The first-order valence-corrected chi connectivity index (χ1v) is 6.25. The van der Waals surface area contributed by atoms with E-state index in [9.17, 15) is 4.79 Å². The number of carbonyl (C=O) groups excluding carboxylic acids is 1. The average molecular weight is 268 g/mol. The van der Waals surface area contributed by atoms with Gasteiger partial charge in [-0.05, 0) is 24.3 Å². The van der Waals surface area contributed by atoms with E-state index in [4.69, 9.17) is 10.5 Å². The van der Waals surface area contributed by atoms with Gasteiger partial charge < -0.3 is 10.5 Å². The van der Waals surface area contributed by atoms with Gasteiger partial charge in [0.25, 0.3) is 0 Å². The summed E-state index contributed by atoms with van der Waals surface area (Å²) in [6.07, 6.45) is 8.31. The number of pyridine rings is 1. The number of ether oxygens (including phenoxy) is 1. The van der Waals surface area contributed by atoms with E-state index in [2.05, 4.69) is 4.98 Å². The lowest BCUT2D eigenvalue weighted by atomic mass is 10.0. The van der Waals surface area contributed by atoms with Crippen LogP contribution in [0.3, 0.4) is 0 Å². The van der Waals surface area contributed by atoms with Crippen molar-refractivity contribution in [2.75, 3.05) is 7.05 Å². The van der Waals surface area contributed by atoms with Crippen LogP contribution in [0.25, 0.3) is 6.08 Å². The van der Waals surface area contributed by atoms with E-state index in [0.717, 1.165) is 5.71 Å². The smallest absolute Gasteiger partial charge is 0.454 e. The van der Waals surface area contributed by atoms with Crippen LogP contribution in [-0.2, 0) is 9.53 Å². The van der Waals surface area contributed by atoms with Crippen molar-refractivity contribution in [1.82, 2.24) is 4.98 Å². The van der Waals surface area contributed by atoms with E-state index in [1.165, 1.54) is 0 Å². The normalized spacial score (nSPS) is 23.4. The van der Waals surface area contributed by atoms with Gasteiger partial charge in [0.05, 0.1) is 5.69 Å². The molecule has 5 nitrogen and oxygen atoms in total. The zero-order chi connectivity index (χ0) is 14.1. The second-order valence-electron chi connectivity index (χ2n) is 4.59. The molecule has 3 rings (SSSR count). The van der Waals surface area contributed by atoms with Gasteiger partial charge in [0.1, 0.15) is 7.05 Å². The molecule has 1 aliphatic carbocycles. The van der Waals surface area contributed by atoms with Crippen molar-refractivity contribution in [3.8, 4) is 0 Å². The maximum Gasteiger partial charge on any atom is 0.454 e. The van der Waals surface area contributed by atoms with E-state index in [0.29, 0.717) is 11.4 Å². The number of likely N-dealkylation sites (N-methyl/N-ethyl adjacent to an activating group) is 1. The number of allylic oxidation sites excluding steroid dienone is 1. The highest BCUT2D eigenvalue weighted by molar-refractivity contribution is 6.05. The first kappa shape index (κ1) is 12.3. The Kier molecular flexibility index (Phi) is 2.95. The minimum Gasteiger partial charge on any atom is -0.465 e. The van der Waals surface area contributed by atoms with E-state index >= 15 is 0 Å². The first-order chi connectivity index (χ1) is 9.65. The molecular formula is C15H14N3O2+. The molecule has 100 valence electrons. The molecule has 0 radical (unpaired) electrons. The lowest BCUT2D eigenvalue weighted by Gasteiger charge is -2.22. The molecule has 1 unspecified atom stereocenters. The zero-order valence-electron chi connectivity index (χ0n) is 11.0. The summed E-state index contributed by atoms with van der Waals surface area (Å²) in [5.41, 5.74) is 7.85. The molecule has 1 aromatic heterocycles. The highest BCUT2D eigenvalue weighted by atomic mass is 16.5. The lowest BCUT2D eigenvalue weighted by molar-refractivity contribution is -0.424. The number of hydrogen-bond acceptors (Lipinski definition) is 4. The lowest BCUT2D eigenvalue weighted by Crippen LogP contribution is -2.41. The zero-order valence-corrected chi connectivity index (χ0v) is 11.0. The SMILES string of the molecule is C[N+]1=C2C=CC(N)=CC2O/C(=C/c2ccccn2)C1=O. The molecule has 1 aliphatic heterocycles. The van der Waals surface area contributed by atoms with Gasteiger partial charge in [-0.25, -0.2) is 4.79 Å². The molecule has 2 N–H and O–H groups in total. The number of aromatic nitrogens is 1. The predicted octanol–water partition coefficient (Wildman–Crippen LogP) is 0.844. The van der Waals surface area contributed by atoms with Crippen molar-refractivity contribution in [2.45, 2.75) is 6.10 Å². The summed E-state index contributed by atoms with van der Waals surface area (Å²) in [4.78, 5) is 16.4. The maximum atomic E-state index is 12.3. The summed E-state index contributed by atoms with van der Waals surface area (Å²) in [6.45, 7) is 0. The second-order valence-corrected chi connectivity index (χ2v) is 4.59. The minimum absolute atomic E-state index is 0.194. The quantitative estimate of drug-likeness (QED) is 0.605. The van der Waals surface area contributed by atoms with Crippen molar-refractivity contribution < 1.29 is 14.1 Å². The van der Waals surface area contributed by atoms with Crippen LogP contribution in [0.1, 0.15) is 5.69 Å². The van der Waals surface area contributed by atoms with Crippen LogP contribution < -0.4 is 5.73 Å². The Morgan fingerprint density at radius 3 is 3.00 bits per heavy atom. The summed E-state index contributed by atoms with van der Waals surface area (Å²) in [5.74, 6) is 0.0692. The van der Waals surface area contributed by atoms with E-state index in [-0.39, 0.29) is 17.8 Å². The second kappa shape index (κ2) is 4.77. The van der Waals surface area contributed by atoms with Gasteiger partial charge in [0, 0.05) is 24.0 Å². The molecule has 2 aliphatic rings. The Morgan fingerprint density at radius 1 is 1.40 bits per heavy atom. The highest BCUT2D eigenvalue weighted by Crippen LogP contribution is 2.20. The van der Waals surface area contributed by atoms with Crippen LogP contribution in [0, 0.1) is 0 Å². The van der Waals surface area contributed by atoms with Crippen LogP contribution in [-0.4, -0.2) is 34.3 Å². The van der Waals surface area contributed by atoms with Crippen LogP contribution >= 0.6 is 0 Å². The van der Waals surface area contributed by atoms with E-state index in [1.807, 2.05) is 18.2 Å². The molecule has 0 saturated carbocycles. The van der Waals surface area contributed by atoms with Gasteiger partial charge in [-0.2, -0.15) is 4.58 Å². The predicted molar refractivity (Wildman–Crippen MR) is 74.7 cm³/mol. The highest BCUT2D eigenvalue weighted by Gasteiger charge is 2.38. The molecule has 5 heteroatoms. The summed E-state index contributed by atoms with van der Waals surface area (Å²) in [6, 6.07) is 5.49. The van der Waals surface area contributed by atoms with Crippen molar-refractivity contribution in [2.24, 2.45) is 5.73 Å². The Hall–Kier alpha value is -2.69. The largest absolute Gasteiger partial charge is 0.465 e. The van der Waals surface area contributed by atoms with E-state index in [1.54, 1.807) is 42.1 Å². The van der Waals surface area contributed by atoms with Gasteiger partial charge in [0.15, 0.2) is 0 Å². The van der Waals surface area contributed by atoms with Crippen molar-refractivity contribution >= 4 is 17.7 Å². The van der Waals surface area contributed by atoms with Crippen molar-refractivity contribution in [1.29, 1.82) is 0 Å². The Labute approximate surface area is 116 Å². The molecule has 0 spiro atoms. The van der Waals surface area contributed by atoms with Crippen LogP contribution in [0.15, 0.2) is 54.1 Å². The van der Waals surface area contributed by atoms with Gasteiger partial charge in [-0.15, -0.1) is 0 Å². The molecule has 0 fully saturated rings. The van der Waals surface area contributed by atoms with Gasteiger partial charge >= 0.3 is 5.91 Å². The summed E-state index contributed by atoms with van der Waals surface area (Å²) >= 11 is 0. The van der Waals surface area contributed by atoms with Crippen molar-refractivity contribution in [3.63, 3.8) is 0 Å². The fourth-order valence-electron chi connectivity index (χ4n) is 2.15. The number of nitrogens with zero attached hydrogens (tertiary/aromatic N) is 2. The molecule has 1 amide bonds. The third-order valence-electron chi connectivity index (χ3n) is 3.21. The van der Waals surface area contributed by atoms with Gasteiger partial charge in [-0.3, -0.25) is 4.98 Å². The standard InChI is InChI=1S/C15H14N3O2/c1-18-12-6-5-10(16)8-13(12)20-14(15(18)19)9-11-4-2-3-7-17-11/h2-9,13H,16H2,1H3/q+1/b14-9+. The Morgan fingerprint density at radius 2 is 2.25 bits per heavy atom. The fraction of sp³-hybridized carbons (Fsp3) is 0.133. The van der Waals surface area contributed by atoms with Crippen LogP contribution in [0.4, 0.5) is 0 Å². The third-order valence-corrected chi connectivity index (χ3v) is 3.21. The molecular weight excluding hydrogens is 254 g/mol. The monoisotopic (exact) mass is 268 g/mol. The molecule has 0 bridgehead atoms. The Balaban J connectivity index is 2.01. The van der Waals surface area contributed by atoms with Crippen LogP contribution in [0.5, 0.6) is 0 Å². The molecule has 2 heterocycles. The molecule has 1 aromatic rings. The summed E-state index contributed by atoms with van der Waals surface area (Å²) in [7, 11) is 1.72. The number of amides is 1. The van der Waals surface area contributed by atoms with E-state index < -0.39 is 0 Å². The average Bonchev–Trinajstić information content (AvgIpc) is 2.45. The molecule has 1 atom stereocenters. The Bertz CT molecular complexity index is 684. The van der Waals surface area contributed by atoms with Gasteiger partial charge in [0.2, 0.25) is 17.6 Å². The molecule has 20 heavy (non-hydrogen) atoms. The van der Waals surface area contributed by atoms with Gasteiger partial charge in [-0.1, -0.05) is 6.07 Å². The summed E-state index contributed by atoms with van der Waals surface area (Å²) in [5, 5.41) is 0. The number of fused-ring (bicyclic) bond motifs is 1. The molecule has 0 aromatic carbocycles. The topological polar surface area (TPSA) is 68.2 Å². The first-order valence-electron chi connectivity index (χ1n) is 6.25. The number of nitrogens with two attached hydrogens (primary N) is 1. The van der Waals surface area contributed by atoms with Crippen LogP contribution in [0.2, 0.25) is 0 Å². The number of hydrogen-bond donors (Lipinski definition) is 1. The number of rotatable bonds is 1. The van der Waals surface area contributed by atoms with Crippen molar-refractivity contribution in [3.05, 3.63) is 59.8 Å². The fourth-order valence-corrected chi connectivity index (χ4v) is 2.15.